The highest BCUT2D eigenvalue weighted by Crippen LogP contribution is 2.33. The molecule has 1 saturated heterocycles. The first-order valence-electron chi connectivity index (χ1n) is 6.93. The van der Waals surface area contributed by atoms with Crippen LogP contribution in [0.4, 0.5) is 0 Å². The Morgan fingerprint density at radius 2 is 2.11 bits per heavy atom. The highest BCUT2D eigenvalue weighted by molar-refractivity contribution is 9.10. The number of hydrogen-bond acceptors (Lipinski definition) is 2. The minimum Gasteiger partial charge on any atom is -0.314 e. The van der Waals surface area contributed by atoms with Crippen molar-refractivity contribution in [3.8, 4) is 0 Å². The minimum atomic E-state index is 0.439. The van der Waals surface area contributed by atoms with Crippen molar-refractivity contribution in [3.63, 3.8) is 0 Å². The fourth-order valence-electron chi connectivity index (χ4n) is 2.66. The number of piperazine rings is 1. The Labute approximate surface area is 125 Å². The number of aryl methyl sites for hydroxylation is 1. The van der Waals surface area contributed by atoms with E-state index in [1.165, 1.54) is 21.2 Å². The summed E-state index contributed by atoms with van der Waals surface area (Å²) in [7, 11) is 0. The van der Waals surface area contributed by atoms with Crippen LogP contribution in [0.25, 0.3) is 0 Å². The van der Waals surface area contributed by atoms with Gasteiger partial charge in [0.25, 0.3) is 0 Å². The Balaban J connectivity index is 2.27. The fraction of sp³-hybridized carbons (Fsp3) is 0.500. The first kappa shape index (κ1) is 14.8. The number of benzene rings is 1. The number of nitrogens with one attached hydrogen (secondary N) is 1. The van der Waals surface area contributed by atoms with Crippen LogP contribution < -0.4 is 5.32 Å². The molecule has 0 bridgehead atoms. The van der Waals surface area contributed by atoms with Gasteiger partial charge in [-0.25, -0.2) is 0 Å². The molecule has 2 rings (SSSR count). The lowest BCUT2D eigenvalue weighted by Gasteiger charge is -2.36. The van der Waals surface area contributed by atoms with Crippen LogP contribution in [0, 0.1) is 6.92 Å². The van der Waals surface area contributed by atoms with Crippen LogP contribution in [0.1, 0.15) is 30.5 Å². The van der Waals surface area contributed by atoms with Crippen LogP contribution in [0.15, 0.2) is 34.8 Å². The molecule has 0 amide bonds. The van der Waals surface area contributed by atoms with Crippen molar-refractivity contribution in [1.29, 1.82) is 0 Å². The molecule has 1 atom stereocenters. The average Bonchev–Trinajstić information content (AvgIpc) is 2.37. The topological polar surface area (TPSA) is 15.3 Å². The van der Waals surface area contributed by atoms with E-state index in [9.17, 15) is 0 Å². The molecule has 0 radical (unpaired) electrons. The first-order valence-corrected chi connectivity index (χ1v) is 7.72. The SMILES string of the molecule is C=C(C)C[C@@H](c1ccc(C)cc1Br)N1CCNCC1. The maximum absolute atomic E-state index is 4.10. The van der Waals surface area contributed by atoms with Gasteiger partial charge in [-0.3, -0.25) is 4.90 Å². The molecule has 1 aromatic carbocycles. The summed E-state index contributed by atoms with van der Waals surface area (Å²) >= 11 is 3.73. The van der Waals surface area contributed by atoms with Gasteiger partial charge >= 0.3 is 0 Å². The summed E-state index contributed by atoms with van der Waals surface area (Å²) in [4.78, 5) is 2.57. The third kappa shape index (κ3) is 3.91. The predicted octanol–water partition coefficient (Wildman–Crippen LogP) is 3.67. The first-order chi connectivity index (χ1) is 9.08. The third-order valence-corrected chi connectivity index (χ3v) is 4.34. The van der Waals surface area contributed by atoms with E-state index < -0.39 is 0 Å². The van der Waals surface area contributed by atoms with Crippen LogP contribution >= 0.6 is 15.9 Å². The van der Waals surface area contributed by atoms with Crippen molar-refractivity contribution < 1.29 is 0 Å². The molecule has 0 aliphatic carbocycles. The molecule has 0 saturated carbocycles. The highest BCUT2D eigenvalue weighted by atomic mass is 79.9. The van der Waals surface area contributed by atoms with Gasteiger partial charge in [0, 0.05) is 36.7 Å². The third-order valence-electron chi connectivity index (χ3n) is 3.65. The largest absolute Gasteiger partial charge is 0.314 e. The molecular weight excluding hydrogens is 300 g/mol. The van der Waals surface area contributed by atoms with E-state index in [1.807, 2.05) is 0 Å². The molecule has 104 valence electrons. The quantitative estimate of drug-likeness (QED) is 0.851. The molecule has 19 heavy (non-hydrogen) atoms. The Morgan fingerprint density at radius 1 is 1.42 bits per heavy atom. The van der Waals surface area contributed by atoms with E-state index in [0.717, 1.165) is 32.6 Å². The maximum Gasteiger partial charge on any atom is 0.0397 e. The molecule has 1 N–H and O–H groups in total. The second-order valence-electron chi connectivity index (χ2n) is 5.49. The lowest BCUT2D eigenvalue weighted by atomic mass is 9.97. The summed E-state index contributed by atoms with van der Waals surface area (Å²) in [5, 5.41) is 3.42. The predicted molar refractivity (Wildman–Crippen MR) is 85.5 cm³/mol. The van der Waals surface area contributed by atoms with E-state index in [-0.39, 0.29) is 0 Å². The monoisotopic (exact) mass is 322 g/mol. The van der Waals surface area contributed by atoms with Crippen molar-refractivity contribution >= 4 is 15.9 Å². The van der Waals surface area contributed by atoms with Crippen molar-refractivity contribution in [2.45, 2.75) is 26.3 Å². The standard InChI is InChI=1S/C16H23BrN2/c1-12(2)10-16(19-8-6-18-7-9-19)14-5-4-13(3)11-15(14)17/h4-5,11,16,18H,1,6-10H2,2-3H3/t16-/m0/s1. The molecule has 2 nitrogen and oxygen atoms in total. The Morgan fingerprint density at radius 3 is 2.68 bits per heavy atom. The van der Waals surface area contributed by atoms with Crippen LogP contribution in [0.3, 0.4) is 0 Å². The summed E-state index contributed by atoms with van der Waals surface area (Å²) in [6, 6.07) is 7.11. The average molecular weight is 323 g/mol. The molecule has 0 unspecified atom stereocenters. The van der Waals surface area contributed by atoms with Gasteiger partial charge in [0.15, 0.2) is 0 Å². The lowest BCUT2D eigenvalue weighted by Crippen LogP contribution is -2.45. The molecule has 1 aromatic rings. The summed E-state index contributed by atoms with van der Waals surface area (Å²) in [5.41, 5.74) is 3.93. The number of rotatable bonds is 4. The normalized spacial score (nSPS) is 18.3. The zero-order valence-corrected chi connectivity index (χ0v) is 13.5. The van der Waals surface area contributed by atoms with Gasteiger partial charge in [0.05, 0.1) is 0 Å². The highest BCUT2D eigenvalue weighted by Gasteiger charge is 2.23. The molecule has 1 aliphatic rings. The van der Waals surface area contributed by atoms with E-state index >= 15 is 0 Å². The number of halogens is 1. The van der Waals surface area contributed by atoms with E-state index in [0.29, 0.717) is 6.04 Å². The summed E-state index contributed by atoms with van der Waals surface area (Å²) in [5.74, 6) is 0. The second-order valence-corrected chi connectivity index (χ2v) is 6.34. The molecular formula is C16H23BrN2. The van der Waals surface area contributed by atoms with Crippen LogP contribution in [0.2, 0.25) is 0 Å². The molecule has 3 heteroatoms. The lowest BCUT2D eigenvalue weighted by molar-refractivity contribution is 0.172. The van der Waals surface area contributed by atoms with Gasteiger partial charge in [-0.2, -0.15) is 0 Å². The van der Waals surface area contributed by atoms with Crippen molar-refractivity contribution in [1.82, 2.24) is 10.2 Å². The zero-order chi connectivity index (χ0) is 13.8. The van der Waals surface area contributed by atoms with Crippen molar-refractivity contribution in [3.05, 3.63) is 46.0 Å². The van der Waals surface area contributed by atoms with Gasteiger partial charge in [-0.15, -0.1) is 6.58 Å². The van der Waals surface area contributed by atoms with E-state index in [1.54, 1.807) is 0 Å². The van der Waals surface area contributed by atoms with Gasteiger partial charge < -0.3 is 5.32 Å². The Hall–Kier alpha value is -0.640. The summed E-state index contributed by atoms with van der Waals surface area (Å²) < 4.78 is 1.22. The van der Waals surface area contributed by atoms with Gasteiger partial charge in [0.2, 0.25) is 0 Å². The van der Waals surface area contributed by atoms with Crippen molar-refractivity contribution in [2.75, 3.05) is 26.2 Å². The zero-order valence-electron chi connectivity index (χ0n) is 11.9. The van der Waals surface area contributed by atoms with E-state index in [4.69, 9.17) is 0 Å². The molecule has 1 heterocycles. The van der Waals surface area contributed by atoms with E-state index in [2.05, 4.69) is 64.8 Å². The van der Waals surface area contributed by atoms with Gasteiger partial charge in [-0.1, -0.05) is 33.6 Å². The fourth-order valence-corrected chi connectivity index (χ4v) is 3.42. The van der Waals surface area contributed by atoms with Gasteiger partial charge in [0.1, 0.15) is 0 Å². The maximum atomic E-state index is 4.10. The minimum absolute atomic E-state index is 0.439. The number of nitrogens with zero attached hydrogens (tertiary/aromatic N) is 1. The molecule has 0 spiro atoms. The van der Waals surface area contributed by atoms with Crippen molar-refractivity contribution in [2.24, 2.45) is 0 Å². The van der Waals surface area contributed by atoms with Crippen LogP contribution in [-0.4, -0.2) is 31.1 Å². The molecule has 1 fully saturated rings. The van der Waals surface area contributed by atoms with Gasteiger partial charge in [-0.05, 0) is 37.5 Å². The summed E-state index contributed by atoms with van der Waals surface area (Å²) in [6.07, 6.45) is 1.03. The Bertz CT molecular complexity index is 450. The second kappa shape index (κ2) is 6.69. The molecule has 1 aliphatic heterocycles. The Kier molecular flexibility index (Phi) is 5.20. The summed E-state index contributed by atoms with van der Waals surface area (Å²) in [6.45, 7) is 12.7. The molecule has 0 aromatic heterocycles. The smallest absolute Gasteiger partial charge is 0.0397 e. The number of hydrogen-bond donors (Lipinski definition) is 1. The van der Waals surface area contributed by atoms with Crippen LogP contribution in [0.5, 0.6) is 0 Å². The van der Waals surface area contributed by atoms with Crippen LogP contribution in [-0.2, 0) is 0 Å².